The van der Waals surface area contributed by atoms with Crippen LogP contribution in [0.3, 0.4) is 0 Å². The van der Waals surface area contributed by atoms with Gasteiger partial charge in [-0.15, -0.1) is 0 Å². The number of carboxylic acids is 1. The van der Waals surface area contributed by atoms with Gasteiger partial charge in [-0.3, -0.25) is 4.79 Å². The lowest BCUT2D eigenvalue weighted by Crippen LogP contribution is -2.55. The number of rotatable bonds is 5. The number of carbonyl (C=O) groups excluding carboxylic acids is 1. The second-order valence-corrected chi connectivity index (χ2v) is 5.30. The van der Waals surface area contributed by atoms with E-state index in [1.165, 1.54) is 0 Å². The molecule has 0 saturated heterocycles. The minimum absolute atomic E-state index is 0.0910. The Kier molecular flexibility index (Phi) is 3.61. The van der Waals surface area contributed by atoms with E-state index in [4.69, 9.17) is 0 Å². The minimum Gasteiger partial charge on any atom is -0.480 e. The molecular weight excluding hydrogens is 206 g/mol. The van der Waals surface area contributed by atoms with Crippen LogP contribution < -0.4 is 5.32 Å². The van der Waals surface area contributed by atoms with Crippen LogP contribution in [0.15, 0.2) is 0 Å². The first-order valence-corrected chi connectivity index (χ1v) is 5.84. The van der Waals surface area contributed by atoms with Gasteiger partial charge in [-0.25, -0.2) is 4.79 Å². The maximum Gasteiger partial charge on any atom is 0.329 e. The third-order valence-electron chi connectivity index (χ3n) is 3.63. The molecule has 0 aromatic heterocycles. The highest BCUT2D eigenvalue weighted by molar-refractivity contribution is 5.88. The molecule has 1 fully saturated rings. The molecular formula is C12H21NO3. The van der Waals surface area contributed by atoms with Crippen molar-refractivity contribution in [1.82, 2.24) is 5.32 Å². The lowest BCUT2D eigenvalue weighted by molar-refractivity contribution is -0.148. The Bertz CT molecular complexity index is 297. The average Bonchev–Trinajstić information content (AvgIpc) is 2.98. The standard InChI is InChI=1S/C12H21NO3/c1-7(2)8(3)10(14)13-12(4,11(15)16)9-5-6-9/h7-9H,5-6H2,1-4H3,(H,13,14)(H,15,16). The largest absolute Gasteiger partial charge is 0.480 e. The fraction of sp³-hybridized carbons (Fsp3) is 0.833. The Morgan fingerprint density at radius 2 is 1.81 bits per heavy atom. The third-order valence-corrected chi connectivity index (χ3v) is 3.63. The Morgan fingerprint density at radius 1 is 1.31 bits per heavy atom. The summed E-state index contributed by atoms with van der Waals surface area (Å²) in [6.45, 7) is 7.35. The van der Waals surface area contributed by atoms with E-state index in [0.29, 0.717) is 0 Å². The van der Waals surface area contributed by atoms with Crippen molar-refractivity contribution in [2.24, 2.45) is 17.8 Å². The molecule has 2 unspecified atom stereocenters. The van der Waals surface area contributed by atoms with Gasteiger partial charge in [0.1, 0.15) is 5.54 Å². The van der Waals surface area contributed by atoms with E-state index in [0.717, 1.165) is 12.8 Å². The van der Waals surface area contributed by atoms with Gasteiger partial charge >= 0.3 is 5.97 Å². The maximum atomic E-state index is 11.9. The van der Waals surface area contributed by atoms with Gasteiger partial charge in [-0.05, 0) is 31.6 Å². The van der Waals surface area contributed by atoms with E-state index < -0.39 is 11.5 Å². The molecule has 2 atom stereocenters. The van der Waals surface area contributed by atoms with Crippen molar-refractivity contribution in [2.75, 3.05) is 0 Å². The zero-order valence-electron chi connectivity index (χ0n) is 10.4. The molecule has 4 heteroatoms. The molecule has 0 heterocycles. The molecule has 4 nitrogen and oxygen atoms in total. The molecule has 92 valence electrons. The summed E-state index contributed by atoms with van der Waals surface area (Å²) in [6, 6.07) is 0. The normalized spacial score (nSPS) is 21.3. The van der Waals surface area contributed by atoms with Gasteiger partial charge in [0.2, 0.25) is 5.91 Å². The molecule has 0 spiro atoms. The van der Waals surface area contributed by atoms with Gasteiger partial charge in [-0.1, -0.05) is 20.8 Å². The van der Waals surface area contributed by atoms with E-state index in [-0.39, 0.29) is 23.7 Å². The van der Waals surface area contributed by atoms with Gasteiger partial charge in [0.05, 0.1) is 0 Å². The molecule has 0 bridgehead atoms. The molecule has 0 aliphatic heterocycles. The van der Waals surface area contributed by atoms with E-state index in [2.05, 4.69) is 5.32 Å². The number of carboxylic acid groups (broad SMARTS) is 1. The number of hydrogen-bond acceptors (Lipinski definition) is 2. The van der Waals surface area contributed by atoms with Crippen LogP contribution in [-0.2, 0) is 9.59 Å². The van der Waals surface area contributed by atoms with Crippen molar-refractivity contribution in [1.29, 1.82) is 0 Å². The molecule has 2 N–H and O–H groups in total. The van der Waals surface area contributed by atoms with Crippen LogP contribution in [0.1, 0.15) is 40.5 Å². The first-order valence-electron chi connectivity index (χ1n) is 5.84. The summed E-state index contributed by atoms with van der Waals surface area (Å²) in [5.41, 5.74) is -1.08. The molecule has 0 aromatic rings. The second kappa shape index (κ2) is 4.44. The van der Waals surface area contributed by atoms with Crippen molar-refractivity contribution >= 4 is 11.9 Å². The summed E-state index contributed by atoms with van der Waals surface area (Å²) in [6.07, 6.45) is 1.78. The quantitative estimate of drug-likeness (QED) is 0.750. The Labute approximate surface area is 96.4 Å². The number of aliphatic carboxylic acids is 1. The Hall–Kier alpha value is -1.06. The third kappa shape index (κ3) is 2.54. The summed E-state index contributed by atoms with van der Waals surface area (Å²) >= 11 is 0. The predicted octanol–water partition coefficient (Wildman–Crippen LogP) is 1.65. The molecule has 1 aliphatic rings. The highest BCUT2D eigenvalue weighted by atomic mass is 16.4. The first kappa shape index (κ1) is 13.0. The SMILES string of the molecule is CC(C)C(C)C(=O)NC(C)(C(=O)O)C1CC1. The predicted molar refractivity (Wildman–Crippen MR) is 60.9 cm³/mol. The Morgan fingerprint density at radius 3 is 2.12 bits per heavy atom. The monoisotopic (exact) mass is 227 g/mol. The van der Waals surface area contributed by atoms with Crippen molar-refractivity contribution in [2.45, 2.75) is 46.1 Å². The smallest absolute Gasteiger partial charge is 0.329 e. The highest BCUT2D eigenvalue weighted by Crippen LogP contribution is 2.40. The molecule has 0 aromatic carbocycles. The van der Waals surface area contributed by atoms with Crippen molar-refractivity contribution in [3.8, 4) is 0 Å². The summed E-state index contributed by atoms with van der Waals surface area (Å²) in [4.78, 5) is 23.1. The van der Waals surface area contributed by atoms with Crippen LogP contribution in [0.2, 0.25) is 0 Å². The van der Waals surface area contributed by atoms with Crippen molar-refractivity contribution in [3.05, 3.63) is 0 Å². The van der Waals surface area contributed by atoms with Crippen LogP contribution in [0, 0.1) is 17.8 Å². The molecule has 1 amide bonds. The summed E-state index contributed by atoms with van der Waals surface area (Å²) in [5, 5.41) is 11.9. The number of amides is 1. The van der Waals surface area contributed by atoms with Crippen LogP contribution in [-0.4, -0.2) is 22.5 Å². The highest BCUT2D eigenvalue weighted by Gasteiger charge is 2.48. The lowest BCUT2D eigenvalue weighted by Gasteiger charge is -2.28. The number of hydrogen-bond donors (Lipinski definition) is 2. The van der Waals surface area contributed by atoms with Gasteiger partial charge in [0.15, 0.2) is 0 Å². The van der Waals surface area contributed by atoms with Gasteiger partial charge < -0.3 is 10.4 Å². The second-order valence-electron chi connectivity index (χ2n) is 5.30. The van der Waals surface area contributed by atoms with E-state index >= 15 is 0 Å². The summed E-state index contributed by atoms with van der Waals surface area (Å²) in [7, 11) is 0. The van der Waals surface area contributed by atoms with Crippen LogP contribution in [0.25, 0.3) is 0 Å². The average molecular weight is 227 g/mol. The molecule has 0 radical (unpaired) electrons. The number of nitrogens with one attached hydrogen (secondary N) is 1. The zero-order valence-corrected chi connectivity index (χ0v) is 10.4. The summed E-state index contributed by atoms with van der Waals surface area (Å²) in [5.74, 6) is -0.936. The van der Waals surface area contributed by atoms with Crippen LogP contribution in [0.4, 0.5) is 0 Å². The van der Waals surface area contributed by atoms with Gasteiger partial charge in [0.25, 0.3) is 0 Å². The van der Waals surface area contributed by atoms with E-state index in [1.54, 1.807) is 6.92 Å². The van der Waals surface area contributed by atoms with Crippen molar-refractivity contribution in [3.63, 3.8) is 0 Å². The minimum atomic E-state index is -1.08. The molecule has 1 aliphatic carbocycles. The molecule has 1 rings (SSSR count). The first-order chi connectivity index (χ1) is 7.29. The fourth-order valence-corrected chi connectivity index (χ4v) is 1.66. The van der Waals surface area contributed by atoms with Crippen molar-refractivity contribution < 1.29 is 14.7 Å². The van der Waals surface area contributed by atoms with Gasteiger partial charge in [0, 0.05) is 5.92 Å². The number of carbonyl (C=O) groups is 2. The Balaban J connectivity index is 2.69. The van der Waals surface area contributed by atoms with Gasteiger partial charge in [-0.2, -0.15) is 0 Å². The fourth-order valence-electron chi connectivity index (χ4n) is 1.66. The van der Waals surface area contributed by atoms with Crippen LogP contribution in [0.5, 0.6) is 0 Å². The van der Waals surface area contributed by atoms with Crippen LogP contribution >= 0.6 is 0 Å². The zero-order chi connectivity index (χ0) is 12.5. The molecule has 1 saturated carbocycles. The lowest BCUT2D eigenvalue weighted by atomic mass is 9.92. The van der Waals surface area contributed by atoms with E-state index in [9.17, 15) is 14.7 Å². The topological polar surface area (TPSA) is 66.4 Å². The summed E-state index contributed by atoms with van der Waals surface area (Å²) < 4.78 is 0. The van der Waals surface area contributed by atoms with E-state index in [1.807, 2.05) is 20.8 Å². The molecule has 16 heavy (non-hydrogen) atoms. The maximum absolute atomic E-state index is 11.9.